The lowest BCUT2D eigenvalue weighted by Gasteiger charge is -2.22. The summed E-state index contributed by atoms with van der Waals surface area (Å²) >= 11 is 0. The summed E-state index contributed by atoms with van der Waals surface area (Å²) in [7, 11) is 3.03. The SMILES string of the molecule is COC(=O)CCC(c1c(OC)cc(C)c2[nH]ccc12)n1cc2ccc(C#N)cc2n1. The van der Waals surface area contributed by atoms with Crippen molar-refractivity contribution in [2.75, 3.05) is 14.2 Å². The van der Waals surface area contributed by atoms with Crippen LogP contribution in [-0.4, -0.2) is 35.0 Å². The Hall–Kier alpha value is -3.79. The number of carbonyl (C=O) groups is 1. The zero-order valence-corrected chi connectivity index (χ0v) is 17.1. The quantitative estimate of drug-likeness (QED) is 0.487. The van der Waals surface area contributed by atoms with E-state index in [0.29, 0.717) is 12.0 Å². The third-order valence-electron chi connectivity index (χ3n) is 5.42. The molecule has 0 aliphatic rings. The van der Waals surface area contributed by atoms with Crippen LogP contribution in [0.5, 0.6) is 5.75 Å². The van der Waals surface area contributed by atoms with E-state index < -0.39 is 0 Å². The number of aromatic nitrogens is 3. The number of ether oxygens (including phenoxy) is 2. The Morgan fingerprint density at radius 3 is 2.87 bits per heavy atom. The van der Waals surface area contributed by atoms with Crippen molar-refractivity contribution in [1.29, 1.82) is 5.26 Å². The highest BCUT2D eigenvalue weighted by atomic mass is 16.5. The number of nitrogens with zero attached hydrogens (tertiary/aromatic N) is 3. The maximum absolute atomic E-state index is 11.9. The van der Waals surface area contributed by atoms with E-state index in [-0.39, 0.29) is 18.4 Å². The zero-order valence-electron chi connectivity index (χ0n) is 17.1. The molecule has 1 unspecified atom stereocenters. The van der Waals surface area contributed by atoms with Gasteiger partial charge in [-0.05, 0) is 49.2 Å². The van der Waals surface area contributed by atoms with Gasteiger partial charge in [-0.2, -0.15) is 10.4 Å². The highest BCUT2D eigenvalue weighted by Gasteiger charge is 2.25. The predicted octanol–water partition coefficient (Wildman–Crippen LogP) is 4.25. The second kappa shape index (κ2) is 7.91. The number of aromatic amines is 1. The lowest BCUT2D eigenvalue weighted by atomic mass is 9.95. The largest absolute Gasteiger partial charge is 0.496 e. The van der Waals surface area contributed by atoms with E-state index in [1.807, 2.05) is 42.2 Å². The number of H-pyrrole nitrogens is 1. The molecule has 0 radical (unpaired) electrons. The van der Waals surface area contributed by atoms with Gasteiger partial charge in [0.15, 0.2) is 0 Å². The number of nitrogens with one attached hydrogen (secondary N) is 1. The number of rotatable bonds is 6. The van der Waals surface area contributed by atoms with Gasteiger partial charge in [0.05, 0.1) is 37.4 Å². The fraction of sp³-hybridized carbons (Fsp3) is 0.261. The minimum Gasteiger partial charge on any atom is -0.496 e. The van der Waals surface area contributed by atoms with Crippen LogP contribution in [0.3, 0.4) is 0 Å². The smallest absolute Gasteiger partial charge is 0.305 e. The highest BCUT2D eigenvalue weighted by Crippen LogP contribution is 2.39. The monoisotopic (exact) mass is 402 g/mol. The summed E-state index contributed by atoms with van der Waals surface area (Å²) in [4.78, 5) is 15.2. The molecule has 7 nitrogen and oxygen atoms in total. The second-order valence-corrected chi connectivity index (χ2v) is 7.20. The topological polar surface area (TPSA) is 92.9 Å². The van der Waals surface area contributed by atoms with Crippen LogP contribution in [0.15, 0.2) is 42.7 Å². The summed E-state index contributed by atoms with van der Waals surface area (Å²) < 4.78 is 12.5. The molecule has 30 heavy (non-hydrogen) atoms. The molecule has 2 aromatic heterocycles. The van der Waals surface area contributed by atoms with Gasteiger partial charge >= 0.3 is 5.97 Å². The molecule has 1 N–H and O–H groups in total. The molecule has 0 spiro atoms. The molecule has 2 aromatic carbocycles. The number of fused-ring (bicyclic) bond motifs is 2. The van der Waals surface area contributed by atoms with Crippen molar-refractivity contribution in [1.82, 2.24) is 14.8 Å². The summed E-state index contributed by atoms with van der Waals surface area (Å²) in [6, 6.07) is 11.3. The summed E-state index contributed by atoms with van der Waals surface area (Å²) in [5.74, 6) is 0.464. The molecule has 4 aromatic rings. The average molecular weight is 402 g/mol. The number of carbonyl (C=O) groups excluding carboxylic acids is 1. The minimum absolute atomic E-state index is 0.240. The van der Waals surface area contributed by atoms with Crippen molar-refractivity contribution in [3.63, 3.8) is 0 Å². The number of aryl methyl sites for hydroxylation is 1. The van der Waals surface area contributed by atoms with Gasteiger partial charge in [-0.3, -0.25) is 9.48 Å². The number of esters is 1. The molecule has 0 aliphatic carbocycles. The van der Waals surface area contributed by atoms with Crippen LogP contribution < -0.4 is 4.74 Å². The third-order valence-corrected chi connectivity index (χ3v) is 5.42. The first-order valence-electron chi connectivity index (χ1n) is 9.66. The summed E-state index contributed by atoms with van der Waals surface area (Å²) in [5, 5.41) is 15.9. The van der Waals surface area contributed by atoms with Crippen molar-refractivity contribution in [3.8, 4) is 11.8 Å². The predicted molar refractivity (Wildman–Crippen MR) is 113 cm³/mol. The molecule has 0 saturated carbocycles. The van der Waals surface area contributed by atoms with Crippen LogP contribution in [0.25, 0.3) is 21.8 Å². The van der Waals surface area contributed by atoms with E-state index in [2.05, 4.69) is 11.1 Å². The van der Waals surface area contributed by atoms with E-state index in [1.165, 1.54) is 7.11 Å². The lowest BCUT2D eigenvalue weighted by molar-refractivity contribution is -0.140. The van der Waals surface area contributed by atoms with Crippen LogP contribution in [0.4, 0.5) is 0 Å². The average Bonchev–Trinajstić information content (AvgIpc) is 3.41. The fourth-order valence-corrected chi connectivity index (χ4v) is 3.94. The standard InChI is InChI=1S/C23H22N4O3/c1-14-10-20(29-2)22(17-8-9-25-23(14)17)19(6-7-21(28)30-3)27-13-16-5-4-15(12-24)11-18(16)26-27/h4-5,8-11,13,19,25H,6-7H2,1-3H3. The van der Waals surface area contributed by atoms with Crippen LogP contribution in [0, 0.1) is 18.3 Å². The molecule has 0 fully saturated rings. The van der Waals surface area contributed by atoms with Gasteiger partial charge in [0.25, 0.3) is 0 Å². The lowest BCUT2D eigenvalue weighted by Crippen LogP contribution is -2.15. The number of benzene rings is 2. The molecular weight excluding hydrogens is 380 g/mol. The van der Waals surface area contributed by atoms with E-state index in [9.17, 15) is 10.1 Å². The number of hydrogen-bond donors (Lipinski definition) is 1. The Labute approximate surface area is 173 Å². The fourth-order valence-electron chi connectivity index (χ4n) is 3.94. The van der Waals surface area contributed by atoms with Crippen molar-refractivity contribution >= 4 is 27.8 Å². The minimum atomic E-state index is -0.278. The van der Waals surface area contributed by atoms with Crippen molar-refractivity contribution in [3.05, 3.63) is 59.4 Å². The van der Waals surface area contributed by atoms with Crippen LogP contribution in [0.1, 0.15) is 35.6 Å². The normalized spacial score (nSPS) is 12.1. The van der Waals surface area contributed by atoms with E-state index in [4.69, 9.17) is 14.6 Å². The number of methoxy groups -OCH3 is 2. The Kier molecular flexibility index (Phi) is 5.15. The molecule has 0 bridgehead atoms. The Morgan fingerprint density at radius 2 is 2.13 bits per heavy atom. The highest BCUT2D eigenvalue weighted by molar-refractivity contribution is 5.89. The first-order chi connectivity index (χ1) is 14.5. The van der Waals surface area contributed by atoms with Gasteiger partial charge in [-0.1, -0.05) is 0 Å². The molecule has 1 atom stereocenters. The first kappa shape index (κ1) is 19.5. The molecule has 2 heterocycles. The molecule has 0 saturated heterocycles. The zero-order chi connectivity index (χ0) is 21.3. The van der Waals surface area contributed by atoms with Gasteiger partial charge in [0.1, 0.15) is 5.75 Å². The van der Waals surface area contributed by atoms with E-state index in [1.54, 1.807) is 19.2 Å². The summed E-state index contributed by atoms with van der Waals surface area (Å²) in [5.41, 5.74) is 4.34. The molecule has 0 amide bonds. The second-order valence-electron chi connectivity index (χ2n) is 7.20. The van der Waals surface area contributed by atoms with Crippen molar-refractivity contribution < 1.29 is 14.3 Å². The van der Waals surface area contributed by atoms with E-state index >= 15 is 0 Å². The van der Waals surface area contributed by atoms with E-state index in [0.717, 1.165) is 38.7 Å². The van der Waals surface area contributed by atoms with Crippen LogP contribution in [-0.2, 0) is 9.53 Å². The molecule has 0 aliphatic heterocycles. The van der Waals surface area contributed by atoms with Crippen molar-refractivity contribution in [2.24, 2.45) is 0 Å². The summed E-state index contributed by atoms with van der Waals surface area (Å²) in [6.45, 7) is 2.03. The third kappa shape index (κ3) is 3.37. The molecule has 152 valence electrons. The van der Waals surface area contributed by atoms with Crippen LogP contribution >= 0.6 is 0 Å². The Bertz CT molecular complexity index is 1280. The van der Waals surface area contributed by atoms with Gasteiger partial charge in [-0.25, -0.2) is 0 Å². The van der Waals surface area contributed by atoms with Gasteiger partial charge < -0.3 is 14.5 Å². The molecule has 4 rings (SSSR count). The van der Waals surface area contributed by atoms with Gasteiger partial charge in [0.2, 0.25) is 0 Å². The Balaban J connectivity index is 1.91. The Morgan fingerprint density at radius 1 is 1.30 bits per heavy atom. The summed E-state index contributed by atoms with van der Waals surface area (Å²) in [6.07, 6.45) is 4.57. The number of hydrogen-bond acceptors (Lipinski definition) is 5. The maximum Gasteiger partial charge on any atom is 0.305 e. The first-order valence-corrected chi connectivity index (χ1v) is 9.66. The van der Waals surface area contributed by atoms with Crippen LogP contribution in [0.2, 0.25) is 0 Å². The van der Waals surface area contributed by atoms with Gasteiger partial charge in [0, 0.05) is 40.7 Å². The maximum atomic E-state index is 11.9. The van der Waals surface area contributed by atoms with Gasteiger partial charge in [-0.15, -0.1) is 0 Å². The molecular formula is C23H22N4O3. The molecule has 7 heteroatoms. The number of nitriles is 1. The van der Waals surface area contributed by atoms with Crippen molar-refractivity contribution in [2.45, 2.75) is 25.8 Å².